The number of fused-ring (bicyclic) bond motifs is 1. The van der Waals surface area contributed by atoms with E-state index in [1.807, 2.05) is 24.3 Å². The van der Waals surface area contributed by atoms with Gasteiger partial charge in [0.05, 0.1) is 0 Å². The van der Waals surface area contributed by atoms with Gasteiger partial charge in [0.25, 0.3) is 0 Å². The maximum Gasteiger partial charge on any atom is 0.123 e. The van der Waals surface area contributed by atoms with Gasteiger partial charge in [0.2, 0.25) is 0 Å². The first kappa shape index (κ1) is 13.6. The van der Waals surface area contributed by atoms with E-state index in [2.05, 4.69) is 48.5 Å². The van der Waals surface area contributed by atoms with Gasteiger partial charge in [0.15, 0.2) is 0 Å². The molecular weight excluding hydrogens is 256 g/mol. The zero-order valence-corrected chi connectivity index (χ0v) is 11.9. The summed E-state index contributed by atoms with van der Waals surface area (Å²) in [6.45, 7) is 0. The Bertz CT molecular complexity index is 726. The van der Waals surface area contributed by atoms with Gasteiger partial charge < -0.3 is 4.79 Å². The number of carbonyl (C=O) groups excluding carboxylic acids is 1. The minimum atomic E-state index is 0.0261. The molecule has 1 atom stereocenters. The molecule has 0 aliphatic rings. The Morgan fingerprint density at radius 2 is 1.48 bits per heavy atom. The van der Waals surface area contributed by atoms with E-state index in [1.54, 1.807) is 0 Å². The lowest BCUT2D eigenvalue weighted by Gasteiger charge is -2.12. The molecule has 0 radical (unpaired) electrons. The fraction of sp³-hybridized carbons (Fsp3) is 0.150. The summed E-state index contributed by atoms with van der Waals surface area (Å²) in [7, 11) is 0. The summed E-state index contributed by atoms with van der Waals surface area (Å²) < 4.78 is 0. The van der Waals surface area contributed by atoms with E-state index in [0.717, 1.165) is 19.1 Å². The standard InChI is InChI=1S/C20H18O/c21-15-17(13-16-7-2-1-3-8-16)14-19-11-6-10-18-9-4-5-12-20(18)19/h1-12,15,17H,13-14H2. The molecule has 3 aromatic carbocycles. The second-order valence-corrected chi connectivity index (χ2v) is 5.43. The molecule has 0 aliphatic carbocycles. The first-order valence-electron chi connectivity index (χ1n) is 7.32. The largest absolute Gasteiger partial charge is 0.303 e. The highest BCUT2D eigenvalue weighted by atomic mass is 16.1. The Balaban J connectivity index is 1.84. The normalized spacial score (nSPS) is 12.2. The van der Waals surface area contributed by atoms with Crippen LogP contribution in [0.25, 0.3) is 10.8 Å². The first-order chi connectivity index (χ1) is 10.4. The van der Waals surface area contributed by atoms with Crippen molar-refractivity contribution < 1.29 is 4.79 Å². The monoisotopic (exact) mass is 274 g/mol. The molecular formula is C20H18O. The van der Waals surface area contributed by atoms with Crippen LogP contribution in [0.1, 0.15) is 11.1 Å². The van der Waals surface area contributed by atoms with Crippen LogP contribution in [0.3, 0.4) is 0 Å². The number of hydrogen-bond donors (Lipinski definition) is 0. The third kappa shape index (κ3) is 3.19. The summed E-state index contributed by atoms with van der Waals surface area (Å²) in [6.07, 6.45) is 2.68. The Hall–Kier alpha value is -2.41. The van der Waals surface area contributed by atoms with Crippen molar-refractivity contribution in [2.45, 2.75) is 12.8 Å². The van der Waals surface area contributed by atoms with Crippen molar-refractivity contribution in [3.05, 3.63) is 83.9 Å². The van der Waals surface area contributed by atoms with Crippen LogP contribution in [0.2, 0.25) is 0 Å². The lowest BCUT2D eigenvalue weighted by molar-refractivity contribution is -0.111. The highest BCUT2D eigenvalue weighted by Crippen LogP contribution is 2.22. The molecule has 0 fully saturated rings. The third-order valence-corrected chi connectivity index (χ3v) is 3.90. The van der Waals surface area contributed by atoms with Crippen LogP contribution >= 0.6 is 0 Å². The minimum Gasteiger partial charge on any atom is -0.303 e. The Kier molecular flexibility index (Phi) is 4.11. The van der Waals surface area contributed by atoms with Gasteiger partial charge in [-0.15, -0.1) is 0 Å². The van der Waals surface area contributed by atoms with Gasteiger partial charge in [-0.3, -0.25) is 0 Å². The molecule has 0 bridgehead atoms. The second kappa shape index (κ2) is 6.36. The van der Waals surface area contributed by atoms with E-state index in [-0.39, 0.29) is 5.92 Å². The average Bonchev–Trinajstić information content (AvgIpc) is 2.55. The Morgan fingerprint density at radius 1 is 0.762 bits per heavy atom. The van der Waals surface area contributed by atoms with Gasteiger partial charge in [0.1, 0.15) is 6.29 Å². The minimum absolute atomic E-state index is 0.0261. The van der Waals surface area contributed by atoms with Crippen molar-refractivity contribution in [1.82, 2.24) is 0 Å². The van der Waals surface area contributed by atoms with E-state index < -0.39 is 0 Å². The number of aldehydes is 1. The maximum absolute atomic E-state index is 11.4. The Labute approximate surface area is 125 Å². The third-order valence-electron chi connectivity index (χ3n) is 3.90. The van der Waals surface area contributed by atoms with Gasteiger partial charge in [-0.25, -0.2) is 0 Å². The summed E-state index contributed by atoms with van der Waals surface area (Å²) >= 11 is 0. The zero-order chi connectivity index (χ0) is 14.5. The highest BCUT2D eigenvalue weighted by Gasteiger charge is 2.11. The molecule has 1 nitrogen and oxygen atoms in total. The fourth-order valence-electron chi connectivity index (χ4n) is 2.84. The van der Waals surface area contributed by atoms with Crippen LogP contribution in [-0.4, -0.2) is 6.29 Å². The molecule has 0 amide bonds. The van der Waals surface area contributed by atoms with Gasteiger partial charge in [-0.1, -0.05) is 72.8 Å². The van der Waals surface area contributed by atoms with Crippen LogP contribution in [-0.2, 0) is 17.6 Å². The molecule has 0 N–H and O–H groups in total. The molecule has 0 aromatic heterocycles. The molecule has 1 heteroatoms. The van der Waals surface area contributed by atoms with Crippen LogP contribution in [0.15, 0.2) is 72.8 Å². The van der Waals surface area contributed by atoms with Crippen LogP contribution in [0, 0.1) is 5.92 Å². The van der Waals surface area contributed by atoms with Crippen molar-refractivity contribution >= 4 is 17.1 Å². The van der Waals surface area contributed by atoms with E-state index >= 15 is 0 Å². The van der Waals surface area contributed by atoms with Crippen molar-refractivity contribution in [1.29, 1.82) is 0 Å². The number of hydrogen-bond acceptors (Lipinski definition) is 1. The SMILES string of the molecule is O=CC(Cc1ccccc1)Cc1cccc2ccccc12. The van der Waals surface area contributed by atoms with Crippen LogP contribution < -0.4 is 0 Å². The summed E-state index contributed by atoms with van der Waals surface area (Å²) in [5.41, 5.74) is 2.47. The number of rotatable bonds is 5. The van der Waals surface area contributed by atoms with E-state index in [1.165, 1.54) is 21.9 Å². The predicted molar refractivity (Wildman–Crippen MR) is 87.4 cm³/mol. The molecule has 3 rings (SSSR count). The van der Waals surface area contributed by atoms with E-state index in [4.69, 9.17) is 0 Å². The van der Waals surface area contributed by atoms with Crippen molar-refractivity contribution in [2.24, 2.45) is 5.92 Å². The summed E-state index contributed by atoms with van der Waals surface area (Å²) in [5, 5.41) is 2.49. The Morgan fingerprint density at radius 3 is 2.29 bits per heavy atom. The molecule has 21 heavy (non-hydrogen) atoms. The second-order valence-electron chi connectivity index (χ2n) is 5.43. The highest BCUT2D eigenvalue weighted by molar-refractivity contribution is 5.85. The van der Waals surface area contributed by atoms with Crippen LogP contribution in [0.5, 0.6) is 0 Å². The maximum atomic E-state index is 11.4. The smallest absolute Gasteiger partial charge is 0.123 e. The van der Waals surface area contributed by atoms with E-state index in [0.29, 0.717) is 0 Å². The summed E-state index contributed by atoms with van der Waals surface area (Å²) in [4.78, 5) is 11.4. The van der Waals surface area contributed by atoms with Crippen LogP contribution in [0.4, 0.5) is 0 Å². The lowest BCUT2D eigenvalue weighted by Crippen LogP contribution is -2.10. The lowest BCUT2D eigenvalue weighted by atomic mass is 9.91. The average molecular weight is 274 g/mol. The summed E-state index contributed by atoms with van der Waals surface area (Å²) in [5.74, 6) is 0.0261. The van der Waals surface area contributed by atoms with Gasteiger partial charge in [-0.2, -0.15) is 0 Å². The van der Waals surface area contributed by atoms with E-state index in [9.17, 15) is 4.79 Å². The van der Waals surface area contributed by atoms with Crippen molar-refractivity contribution in [3.8, 4) is 0 Å². The number of benzene rings is 3. The topological polar surface area (TPSA) is 17.1 Å². The van der Waals surface area contributed by atoms with Gasteiger partial charge >= 0.3 is 0 Å². The molecule has 3 aromatic rings. The molecule has 0 saturated heterocycles. The molecule has 104 valence electrons. The molecule has 0 aliphatic heterocycles. The zero-order valence-electron chi connectivity index (χ0n) is 11.9. The van der Waals surface area contributed by atoms with Crippen molar-refractivity contribution in [2.75, 3.05) is 0 Å². The molecule has 0 spiro atoms. The molecule has 0 heterocycles. The van der Waals surface area contributed by atoms with Crippen molar-refractivity contribution in [3.63, 3.8) is 0 Å². The molecule has 1 unspecified atom stereocenters. The first-order valence-corrected chi connectivity index (χ1v) is 7.32. The number of carbonyl (C=O) groups is 1. The van der Waals surface area contributed by atoms with Gasteiger partial charge in [0, 0.05) is 5.92 Å². The van der Waals surface area contributed by atoms with Gasteiger partial charge in [-0.05, 0) is 34.7 Å². The molecule has 0 saturated carbocycles. The fourth-order valence-corrected chi connectivity index (χ4v) is 2.84. The predicted octanol–water partition coefficient (Wildman–Crippen LogP) is 4.44. The quantitative estimate of drug-likeness (QED) is 0.629. The summed E-state index contributed by atoms with van der Waals surface area (Å²) in [6, 6.07) is 24.9.